The first kappa shape index (κ1) is 14.8. The van der Waals surface area contributed by atoms with Crippen LogP contribution >= 0.6 is 0 Å². The molecule has 1 aromatic carbocycles. The summed E-state index contributed by atoms with van der Waals surface area (Å²) in [7, 11) is 0. The Balaban J connectivity index is 1.78. The molecule has 116 valence electrons. The highest BCUT2D eigenvalue weighted by atomic mass is 19.1. The van der Waals surface area contributed by atoms with Gasteiger partial charge in [0.1, 0.15) is 11.6 Å². The first-order chi connectivity index (χ1) is 10.5. The third-order valence-corrected chi connectivity index (χ3v) is 4.10. The van der Waals surface area contributed by atoms with Crippen LogP contribution in [0.2, 0.25) is 0 Å². The monoisotopic (exact) mass is 301 g/mol. The van der Waals surface area contributed by atoms with Gasteiger partial charge >= 0.3 is 0 Å². The van der Waals surface area contributed by atoms with Crippen molar-refractivity contribution in [2.75, 3.05) is 13.1 Å². The summed E-state index contributed by atoms with van der Waals surface area (Å²) in [5, 5.41) is 0. The molecule has 1 aliphatic rings. The summed E-state index contributed by atoms with van der Waals surface area (Å²) in [6.45, 7) is 5.88. The zero-order valence-corrected chi connectivity index (χ0v) is 12.9. The summed E-state index contributed by atoms with van der Waals surface area (Å²) in [5.41, 5.74) is 0.765. The highest BCUT2D eigenvalue weighted by Crippen LogP contribution is 2.26. The van der Waals surface area contributed by atoms with Crippen molar-refractivity contribution in [3.63, 3.8) is 0 Å². The van der Waals surface area contributed by atoms with E-state index in [0.717, 1.165) is 25.1 Å². The lowest BCUT2D eigenvalue weighted by Crippen LogP contribution is -2.42. The van der Waals surface area contributed by atoms with Gasteiger partial charge in [-0.2, -0.15) is 0 Å². The van der Waals surface area contributed by atoms with E-state index in [0.29, 0.717) is 23.4 Å². The highest BCUT2D eigenvalue weighted by Gasteiger charge is 2.27. The molecule has 1 amide bonds. The molecule has 1 saturated heterocycles. The Bertz CT molecular complexity index is 652. The second-order valence-corrected chi connectivity index (χ2v) is 6.33. The van der Waals surface area contributed by atoms with Crippen LogP contribution in [0.4, 0.5) is 4.39 Å². The van der Waals surface area contributed by atoms with Crippen LogP contribution in [0, 0.1) is 17.7 Å². The molecule has 0 aliphatic carbocycles. The zero-order valence-electron chi connectivity index (χ0n) is 12.9. The van der Waals surface area contributed by atoms with Gasteiger partial charge in [-0.15, -0.1) is 0 Å². The molecule has 2 heterocycles. The third kappa shape index (κ3) is 3.06. The maximum atomic E-state index is 13.0. The minimum Gasteiger partial charge on any atom is -0.451 e. The number of rotatable bonds is 2. The van der Waals surface area contributed by atoms with E-state index in [-0.39, 0.29) is 11.7 Å². The molecule has 1 fully saturated rings. The van der Waals surface area contributed by atoms with Gasteiger partial charge < -0.3 is 9.32 Å². The summed E-state index contributed by atoms with van der Waals surface area (Å²) in [4.78, 5) is 14.4. The van der Waals surface area contributed by atoms with Crippen molar-refractivity contribution < 1.29 is 13.6 Å². The maximum Gasteiger partial charge on any atom is 0.289 e. The quantitative estimate of drug-likeness (QED) is 0.832. The third-order valence-electron chi connectivity index (χ3n) is 4.10. The van der Waals surface area contributed by atoms with E-state index in [2.05, 4.69) is 13.8 Å². The van der Waals surface area contributed by atoms with E-state index >= 15 is 0 Å². The molecule has 2 atom stereocenters. The van der Waals surface area contributed by atoms with E-state index in [9.17, 15) is 9.18 Å². The van der Waals surface area contributed by atoms with Crippen LogP contribution in [0.15, 0.2) is 40.8 Å². The van der Waals surface area contributed by atoms with E-state index in [4.69, 9.17) is 4.42 Å². The average molecular weight is 301 g/mol. The summed E-state index contributed by atoms with van der Waals surface area (Å²) < 4.78 is 18.6. The van der Waals surface area contributed by atoms with Gasteiger partial charge in [0.05, 0.1) is 0 Å². The molecule has 0 spiro atoms. The lowest BCUT2D eigenvalue weighted by molar-refractivity contribution is 0.0592. The minimum atomic E-state index is -0.289. The Morgan fingerprint density at radius 3 is 2.36 bits per heavy atom. The first-order valence-corrected chi connectivity index (χ1v) is 7.68. The molecule has 4 heteroatoms. The predicted octanol–water partition coefficient (Wildman–Crippen LogP) is 4.20. The predicted molar refractivity (Wildman–Crippen MR) is 83.0 cm³/mol. The summed E-state index contributed by atoms with van der Waals surface area (Å²) in [6, 6.07) is 9.52. The molecule has 0 bridgehead atoms. The Labute approximate surface area is 129 Å². The van der Waals surface area contributed by atoms with E-state index < -0.39 is 0 Å². The zero-order chi connectivity index (χ0) is 15.7. The second kappa shape index (κ2) is 5.95. The highest BCUT2D eigenvalue weighted by molar-refractivity contribution is 5.92. The normalized spacial score (nSPS) is 21.9. The van der Waals surface area contributed by atoms with Gasteiger partial charge in [-0.05, 0) is 54.7 Å². The van der Waals surface area contributed by atoms with Gasteiger partial charge in [-0.1, -0.05) is 13.8 Å². The number of likely N-dealkylation sites (tertiary alicyclic amines) is 1. The van der Waals surface area contributed by atoms with Crippen molar-refractivity contribution in [3.8, 4) is 11.3 Å². The topological polar surface area (TPSA) is 33.5 Å². The second-order valence-electron chi connectivity index (χ2n) is 6.33. The number of nitrogens with zero attached hydrogens (tertiary/aromatic N) is 1. The fourth-order valence-electron chi connectivity index (χ4n) is 3.21. The van der Waals surface area contributed by atoms with Crippen molar-refractivity contribution in [3.05, 3.63) is 48.0 Å². The molecule has 0 saturated carbocycles. The smallest absolute Gasteiger partial charge is 0.289 e. The first-order valence-electron chi connectivity index (χ1n) is 7.68. The molecule has 3 rings (SSSR count). The molecule has 2 unspecified atom stereocenters. The van der Waals surface area contributed by atoms with Crippen molar-refractivity contribution in [1.29, 1.82) is 0 Å². The van der Waals surface area contributed by atoms with Crippen LogP contribution in [0.3, 0.4) is 0 Å². The van der Waals surface area contributed by atoms with Crippen LogP contribution in [-0.4, -0.2) is 23.9 Å². The molecule has 0 N–H and O–H groups in total. The number of benzene rings is 1. The molecule has 3 nitrogen and oxygen atoms in total. The number of carbonyl (C=O) groups excluding carboxylic acids is 1. The number of halogens is 1. The molecule has 1 aliphatic heterocycles. The van der Waals surface area contributed by atoms with E-state index in [1.807, 2.05) is 4.90 Å². The van der Waals surface area contributed by atoms with Crippen LogP contribution < -0.4 is 0 Å². The van der Waals surface area contributed by atoms with Crippen LogP contribution in [0.5, 0.6) is 0 Å². The number of piperidine rings is 1. The largest absolute Gasteiger partial charge is 0.451 e. The maximum absolute atomic E-state index is 13.0. The summed E-state index contributed by atoms with van der Waals surface area (Å²) >= 11 is 0. The Kier molecular flexibility index (Phi) is 4.01. The molecule has 0 radical (unpaired) electrons. The average Bonchev–Trinajstić information content (AvgIpc) is 2.96. The number of hydrogen-bond acceptors (Lipinski definition) is 2. The number of furan rings is 1. The van der Waals surface area contributed by atoms with Gasteiger partial charge in [0.25, 0.3) is 5.91 Å². The van der Waals surface area contributed by atoms with Crippen molar-refractivity contribution in [1.82, 2.24) is 4.90 Å². The molecule has 22 heavy (non-hydrogen) atoms. The SMILES string of the molecule is CC1CC(C)CN(C(=O)c2ccc(-c3ccc(F)cc3)o2)C1. The van der Waals surface area contributed by atoms with Gasteiger partial charge in [0.15, 0.2) is 5.76 Å². The molecular weight excluding hydrogens is 281 g/mol. The van der Waals surface area contributed by atoms with Crippen LogP contribution in [-0.2, 0) is 0 Å². The van der Waals surface area contributed by atoms with Crippen molar-refractivity contribution in [2.24, 2.45) is 11.8 Å². The van der Waals surface area contributed by atoms with Crippen molar-refractivity contribution >= 4 is 5.91 Å². The van der Waals surface area contributed by atoms with Gasteiger partial charge in [-0.25, -0.2) is 4.39 Å². The van der Waals surface area contributed by atoms with Crippen molar-refractivity contribution in [2.45, 2.75) is 20.3 Å². The standard InChI is InChI=1S/C18H20FNO2/c1-12-9-13(2)11-20(10-12)18(21)17-8-7-16(22-17)14-3-5-15(19)6-4-14/h3-8,12-13H,9-11H2,1-2H3. The fourth-order valence-corrected chi connectivity index (χ4v) is 3.21. The van der Waals surface area contributed by atoms with Gasteiger partial charge in [0.2, 0.25) is 0 Å². The van der Waals surface area contributed by atoms with E-state index in [1.54, 1.807) is 24.3 Å². The summed E-state index contributed by atoms with van der Waals surface area (Å²) in [5.74, 6) is 1.61. The van der Waals surface area contributed by atoms with Gasteiger partial charge in [-0.3, -0.25) is 4.79 Å². The Morgan fingerprint density at radius 2 is 1.73 bits per heavy atom. The Morgan fingerprint density at radius 1 is 1.09 bits per heavy atom. The molecule has 1 aromatic heterocycles. The van der Waals surface area contributed by atoms with Gasteiger partial charge in [0, 0.05) is 18.7 Å². The lowest BCUT2D eigenvalue weighted by Gasteiger charge is -2.34. The van der Waals surface area contributed by atoms with Crippen LogP contribution in [0.1, 0.15) is 30.8 Å². The fraction of sp³-hybridized carbons (Fsp3) is 0.389. The molecular formula is C18H20FNO2. The Hall–Kier alpha value is -2.10. The summed E-state index contributed by atoms with van der Waals surface area (Å²) in [6.07, 6.45) is 1.16. The minimum absolute atomic E-state index is 0.0632. The molecule has 2 aromatic rings. The van der Waals surface area contributed by atoms with Crippen LogP contribution in [0.25, 0.3) is 11.3 Å². The van der Waals surface area contributed by atoms with E-state index in [1.165, 1.54) is 12.1 Å². The lowest BCUT2D eigenvalue weighted by atomic mass is 9.92. The number of amides is 1. The number of hydrogen-bond donors (Lipinski definition) is 0. The number of carbonyl (C=O) groups is 1.